The number of carbonyl (C=O) groups is 1. The summed E-state index contributed by atoms with van der Waals surface area (Å²) in [6, 6.07) is 1.72. The van der Waals surface area contributed by atoms with E-state index in [0.29, 0.717) is 5.92 Å². The molecule has 5 nitrogen and oxygen atoms in total. The largest absolute Gasteiger partial charge is 0.416 e. The highest BCUT2D eigenvalue weighted by atomic mass is 16.6. The Hall–Kier alpha value is -1.52. The molecule has 88 valence electrons. The van der Waals surface area contributed by atoms with Crippen LogP contribution in [0.1, 0.15) is 37.4 Å². The van der Waals surface area contributed by atoms with Gasteiger partial charge in [-0.2, -0.15) is 0 Å². The predicted molar refractivity (Wildman–Crippen MR) is 57.4 cm³/mol. The number of nitrogens with zero attached hydrogens (tertiary/aromatic N) is 2. The van der Waals surface area contributed by atoms with Crippen LogP contribution in [0.4, 0.5) is 4.79 Å². The molecule has 0 aliphatic heterocycles. The normalized spacial score (nSPS) is 16.4. The third-order valence-electron chi connectivity index (χ3n) is 2.82. The van der Waals surface area contributed by atoms with Crippen molar-refractivity contribution < 1.29 is 14.1 Å². The molecule has 0 N–H and O–H groups in total. The van der Waals surface area contributed by atoms with E-state index in [2.05, 4.69) is 5.16 Å². The van der Waals surface area contributed by atoms with Gasteiger partial charge in [0, 0.05) is 26.1 Å². The molecule has 16 heavy (non-hydrogen) atoms. The molecule has 0 atom stereocenters. The minimum atomic E-state index is -0.439. The van der Waals surface area contributed by atoms with Gasteiger partial charge in [-0.1, -0.05) is 12.8 Å². The van der Waals surface area contributed by atoms with E-state index in [0.717, 1.165) is 18.6 Å². The number of ether oxygens (including phenoxy) is 1. The molecule has 0 bridgehead atoms. The van der Waals surface area contributed by atoms with Crippen LogP contribution in [0.25, 0.3) is 0 Å². The quantitative estimate of drug-likeness (QED) is 0.774. The van der Waals surface area contributed by atoms with Gasteiger partial charge in [0.2, 0.25) is 0 Å². The van der Waals surface area contributed by atoms with E-state index in [1.165, 1.54) is 17.7 Å². The molecule has 1 aliphatic carbocycles. The van der Waals surface area contributed by atoms with Crippen molar-refractivity contribution in [3.63, 3.8) is 0 Å². The van der Waals surface area contributed by atoms with Crippen LogP contribution in [-0.2, 0) is 0 Å². The van der Waals surface area contributed by atoms with Crippen molar-refractivity contribution in [3.05, 3.63) is 11.8 Å². The summed E-state index contributed by atoms with van der Waals surface area (Å²) >= 11 is 0. The molecule has 2 rings (SSSR count). The average molecular weight is 224 g/mol. The fourth-order valence-corrected chi connectivity index (χ4v) is 1.90. The SMILES string of the molecule is CN(C)C(=O)Oc1cc(C2CCCC2)on1. The van der Waals surface area contributed by atoms with Crippen molar-refractivity contribution >= 4 is 6.09 Å². The molecule has 1 aromatic rings. The molecule has 0 aromatic carbocycles. The van der Waals surface area contributed by atoms with Gasteiger partial charge in [-0.15, -0.1) is 0 Å². The second-order valence-electron chi connectivity index (χ2n) is 4.31. The van der Waals surface area contributed by atoms with E-state index in [9.17, 15) is 4.79 Å². The Kier molecular flexibility index (Phi) is 3.12. The van der Waals surface area contributed by atoms with E-state index in [4.69, 9.17) is 9.26 Å². The molecule has 0 spiro atoms. The highest BCUT2D eigenvalue weighted by Crippen LogP contribution is 2.35. The highest BCUT2D eigenvalue weighted by Gasteiger charge is 2.22. The summed E-state index contributed by atoms with van der Waals surface area (Å²) in [4.78, 5) is 12.6. The number of carbonyl (C=O) groups excluding carboxylic acids is 1. The standard InChI is InChI=1S/C11H16N2O3/c1-13(2)11(14)15-10-7-9(16-12-10)8-5-3-4-6-8/h7-8H,3-6H2,1-2H3. The topological polar surface area (TPSA) is 55.6 Å². The van der Waals surface area contributed by atoms with Crippen LogP contribution in [0.5, 0.6) is 5.88 Å². The first-order valence-corrected chi connectivity index (χ1v) is 5.52. The summed E-state index contributed by atoms with van der Waals surface area (Å²) < 4.78 is 10.2. The zero-order chi connectivity index (χ0) is 11.5. The van der Waals surface area contributed by atoms with Crippen LogP contribution in [0, 0.1) is 0 Å². The van der Waals surface area contributed by atoms with Gasteiger partial charge >= 0.3 is 6.09 Å². The van der Waals surface area contributed by atoms with Gasteiger partial charge in [0.05, 0.1) is 0 Å². The number of aromatic nitrogens is 1. The van der Waals surface area contributed by atoms with Gasteiger partial charge < -0.3 is 14.2 Å². The van der Waals surface area contributed by atoms with Gasteiger partial charge in [-0.05, 0) is 18.0 Å². The molecule has 1 amide bonds. The minimum Gasteiger partial charge on any atom is -0.388 e. The molecule has 1 heterocycles. The second-order valence-corrected chi connectivity index (χ2v) is 4.31. The van der Waals surface area contributed by atoms with Gasteiger partial charge in [-0.3, -0.25) is 0 Å². The molecule has 1 saturated carbocycles. The van der Waals surface area contributed by atoms with E-state index in [1.54, 1.807) is 20.2 Å². The average Bonchev–Trinajstić information content (AvgIpc) is 2.85. The first-order chi connectivity index (χ1) is 7.66. The lowest BCUT2D eigenvalue weighted by Crippen LogP contribution is -2.25. The summed E-state index contributed by atoms with van der Waals surface area (Å²) in [6.07, 6.45) is 4.30. The molecule has 5 heteroatoms. The van der Waals surface area contributed by atoms with Crippen LogP contribution >= 0.6 is 0 Å². The fraction of sp³-hybridized carbons (Fsp3) is 0.636. The Morgan fingerprint density at radius 3 is 2.81 bits per heavy atom. The molecule has 0 saturated heterocycles. The lowest BCUT2D eigenvalue weighted by atomic mass is 10.1. The summed E-state index contributed by atoms with van der Waals surface area (Å²) in [6.45, 7) is 0. The van der Waals surface area contributed by atoms with Gasteiger partial charge in [0.1, 0.15) is 5.76 Å². The van der Waals surface area contributed by atoms with Crippen molar-refractivity contribution in [2.24, 2.45) is 0 Å². The summed E-state index contributed by atoms with van der Waals surface area (Å²) in [5.74, 6) is 1.53. The van der Waals surface area contributed by atoms with Crippen molar-refractivity contribution in [2.45, 2.75) is 31.6 Å². The predicted octanol–water partition coefficient (Wildman–Crippen LogP) is 2.39. The van der Waals surface area contributed by atoms with Crippen molar-refractivity contribution in [1.29, 1.82) is 0 Å². The van der Waals surface area contributed by atoms with E-state index >= 15 is 0 Å². The lowest BCUT2D eigenvalue weighted by Gasteiger charge is -2.07. The van der Waals surface area contributed by atoms with Crippen molar-refractivity contribution in [3.8, 4) is 5.88 Å². The smallest absolute Gasteiger partial charge is 0.388 e. The van der Waals surface area contributed by atoms with Crippen LogP contribution in [0.15, 0.2) is 10.6 Å². The number of rotatable bonds is 2. The molecular formula is C11H16N2O3. The minimum absolute atomic E-state index is 0.251. The Labute approximate surface area is 94.3 Å². The maximum atomic E-state index is 11.3. The fourth-order valence-electron chi connectivity index (χ4n) is 1.90. The zero-order valence-corrected chi connectivity index (χ0v) is 9.60. The zero-order valence-electron chi connectivity index (χ0n) is 9.60. The third kappa shape index (κ3) is 2.35. The monoisotopic (exact) mass is 224 g/mol. The Morgan fingerprint density at radius 1 is 1.50 bits per heavy atom. The maximum absolute atomic E-state index is 11.3. The number of hydrogen-bond acceptors (Lipinski definition) is 4. The lowest BCUT2D eigenvalue weighted by molar-refractivity contribution is 0.167. The van der Waals surface area contributed by atoms with E-state index < -0.39 is 6.09 Å². The third-order valence-corrected chi connectivity index (χ3v) is 2.82. The maximum Gasteiger partial charge on any atom is 0.416 e. The highest BCUT2D eigenvalue weighted by molar-refractivity contribution is 5.69. The molecule has 1 aromatic heterocycles. The molecule has 0 unspecified atom stereocenters. The first-order valence-electron chi connectivity index (χ1n) is 5.52. The summed E-state index contributed by atoms with van der Waals surface area (Å²) in [5, 5.41) is 3.74. The Morgan fingerprint density at radius 2 is 2.19 bits per heavy atom. The Bertz CT molecular complexity index is 367. The molecule has 0 radical (unpaired) electrons. The van der Waals surface area contributed by atoms with Gasteiger partial charge in [0.25, 0.3) is 5.88 Å². The molecule has 1 aliphatic rings. The van der Waals surface area contributed by atoms with Gasteiger partial charge in [-0.25, -0.2) is 4.79 Å². The van der Waals surface area contributed by atoms with Crippen molar-refractivity contribution in [2.75, 3.05) is 14.1 Å². The van der Waals surface area contributed by atoms with Crippen LogP contribution in [0.2, 0.25) is 0 Å². The van der Waals surface area contributed by atoms with Crippen molar-refractivity contribution in [1.82, 2.24) is 10.1 Å². The van der Waals surface area contributed by atoms with Crippen LogP contribution < -0.4 is 4.74 Å². The molecular weight excluding hydrogens is 208 g/mol. The Balaban J connectivity index is 1.99. The van der Waals surface area contributed by atoms with E-state index in [-0.39, 0.29) is 5.88 Å². The number of hydrogen-bond donors (Lipinski definition) is 0. The van der Waals surface area contributed by atoms with Crippen LogP contribution in [0.3, 0.4) is 0 Å². The van der Waals surface area contributed by atoms with Crippen LogP contribution in [-0.4, -0.2) is 30.2 Å². The van der Waals surface area contributed by atoms with Gasteiger partial charge in [0.15, 0.2) is 0 Å². The number of amides is 1. The summed E-state index contributed by atoms with van der Waals surface area (Å²) in [7, 11) is 3.25. The second kappa shape index (κ2) is 4.55. The summed E-state index contributed by atoms with van der Waals surface area (Å²) in [5.41, 5.74) is 0. The first kappa shape index (κ1) is 11.0. The van der Waals surface area contributed by atoms with E-state index in [1.807, 2.05) is 0 Å². The molecule has 1 fully saturated rings.